The van der Waals surface area contributed by atoms with E-state index in [1.165, 1.54) is 44.2 Å². The molecule has 0 atom stereocenters. The lowest BCUT2D eigenvalue weighted by Gasteiger charge is -2.12. The molecule has 4 N–H and O–H groups in total. The first-order chi connectivity index (χ1) is 14.5. The van der Waals surface area contributed by atoms with E-state index in [2.05, 4.69) is 20.7 Å². The molecule has 2 aromatic rings. The molecule has 0 aliphatic carbocycles. The van der Waals surface area contributed by atoms with E-state index in [4.69, 9.17) is 0 Å². The Kier molecular flexibility index (Phi) is 7.89. The van der Waals surface area contributed by atoms with Gasteiger partial charge in [-0.3, -0.25) is 14.4 Å². The van der Waals surface area contributed by atoms with E-state index in [1.54, 1.807) is 26.0 Å². The zero-order valence-corrected chi connectivity index (χ0v) is 18.6. The Hall–Kier alpha value is -3.24. The van der Waals surface area contributed by atoms with Gasteiger partial charge in [0, 0.05) is 43.4 Å². The van der Waals surface area contributed by atoms with Crippen LogP contribution >= 0.6 is 0 Å². The van der Waals surface area contributed by atoms with Gasteiger partial charge < -0.3 is 16.0 Å². The zero-order valence-electron chi connectivity index (χ0n) is 17.8. The lowest BCUT2D eigenvalue weighted by molar-refractivity contribution is -0.115. The van der Waals surface area contributed by atoms with Crippen molar-refractivity contribution in [3.8, 4) is 0 Å². The smallest absolute Gasteiger partial charge is 0.251 e. The minimum absolute atomic E-state index is 0.0870. The first kappa shape index (κ1) is 24.0. The van der Waals surface area contributed by atoms with Crippen molar-refractivity contribution in [2.75, 3.05) is 10.6 Å². The van der Waals surface area contributed by atoms with Gasteiger partial charge in [0.1, 0.15) is 0 Å². The van der Waals surface area contributed by atoms with E-state index >= 15 is 0 Å². The molecule has 10 heteroatoms. The number of sulfonamides is 1. The lowest BCUT2D eigenvalue weighted by atomic mass is 10.1. The Labute approximate surface area is 181 Å². The van der Waals surface area contributed by atoms with Crippen LogP contribution in [0.5, 0.6) is 0 Å². The molecule has 3 amide bonds. The third-order valence-electron chi connectivity index (χ3n) is 3.89. The van der Waals surface area contributed by atoms with E-state index in [0.29, 0.717) is 16.9 Å². The summed E-state index contributed by atoms with van der Waals surface area (Å²) < 4.78 is 27.2. The highest BCUT2D eigenvalue weighted by atomic mass is 32.2. The zero-order chi connectivity index (χ0) is 23.2. The van der Waals surface area contributed by atoms with Crippen LogP contribution in [0.4, 0.5) is 11.4 Å². The standard InChI is InChI=1S/C21H26N4O5S/c1-13(2)25-31(29,30)20-7-5-6-16(8-20)12-22-21(28)17-9-18(23-14(3)26)11-19(10-17)24-15(4)27/h5-11,13,25H,12H2,1-4H3,(H,22,28)(H,23,26)(H,24,27). The van der Waals surface area contributed by atoms with Crippen LogP contribution in [0.3, 0.4) is 0 Å². The van der Waals surface area contributed by atoms with Crippen molar-refractivity contribution < 1.29 is 22.8 Å². The van der Waals surface area contributed by atoms with Gasteiger partial charge in [0.2, 0.25) is 21.8 Å². The minimum atomic E-state index is -3.65. The summed E-state index contributed by atoms with van der Waals surface area (Å²) >= 11 is 0. The summed E-state index contributed by atoms with van der Waals surface area (Å²) in [4.78, 5) is 35.5. The molecule has 0 radical (unpaired) electrons. The van der Waals surface area contributed by atoms with Crippen LogP contribution < -0.4 is 20.7 Å². The minimum Gasteiger partial charge on any atom is -0.348 e. The van der Waals surface area contributed by atoms with Crippen LogP contribution in [-0.4, -0.2) is 32.2 Å². The van der Waals surface area contributed by atoms with E-state index in [1.807, 2.05) is 0 Å². The number of hydrogen-bond acceptors (Lipinski definition) is 5. The number of nitrogens with one attached hydrogen (secondary N) is 4. The van der Waals surface area contributed by atoms with E-state index in [0.717, 1.165) is 0 Å². The molecule has 0 fully saturated rings. The monoisotopic (exact) mass is 446 g/mol. The number of rotatable bonds is 8. The third kappa shape index (κ3) is 7.50. The molecule has 2 rings (SSSR count). The second-order valence-electron chi connectivity index (χ2n) is 7.27. The highest BCUT2D eigenvalue weighted by Gasteiger charge is 2.16. The number of carbonyl (C=O) groups excluding carboxylic acids is 3. The Morgan fingerprint density at radius 3 is 2.00 bits per heavy atom. The van der Waals surface area contributed by atoms with Crippen LogP contribution in [0, 0.1) is 0 Å². The second-order valence-corrected chi connectivity index (χ2v) is 8.98. The lowest BCUT2D eigenvalue weighted by Crippen LogP contribution is -2.30. The largest absolute Gasteiger partial charge is 0.348 e. The number of anilines is 2. The predicted octanol–water partition coefficient (Wildman–Crippen LogP) is 2.22. The van der Waals surface area contributed by atoms with Crippen LogP contribution in [0.2, 0.25) is 0 Å². The molecule has 0 heterocycles. The van der Waals surface area contributed by atoms with Gasteiger partial charge >= 0.3 is 0 Å². The summed E-state index contributed by atoms with van der Waals surface area (Å²) in [7, 11) is -3.65. The van der Waals surface area contributed by atoms with Gasteiger partial charge in [-0.25, -0.2) is 13.1 Å². The average Bonchev–Trinajstić information content (AvgIpc) is 2.64. The Balaban J connectivity index is 2.19. The number of amides is 3. The van der Waals surface area contributed by atoms with Crippen molar-refractivity contribution in [1.29, 1.82) is 0 Å². The van der Waals surface area contributed by atoms with Crippen molar-refractivity contribution in [2.45, 2.75) is 45.2 Å². The fourth-order valence-electron chi connectivity index (χ4n) is 2.79. The molecule has 0 spiro atoms. The molecule has 0 aliphatic heterocycles. The molecule has 0 bridgehead atoms. The molecule has 0 aromatic heterocycles. The topological polar surface area (TPSA) is 133 Å². The summed E-state index contributed by atoms with van der Waals surface area (Å²) in [5, 5.41) is 7.88. The van der Waals surface area contributed by atoms with Crippen LogP contribution in [-0.2, 0) is 26.2 Å². The van der Waals surface area contributed by atoms with E-state index in [9.17, 15) is 22.8 Å². The third-order valence-corrected chi connectivity index (χ3v) is 5.54. The van der Waals surface area contributed by atoms with E-state index in [-0.39, 0.29) is 34.9 Å². The summed E-state index contributed by atoms with van der Waals surface area (Å²) in [5.74, 6) is -1.09. The molecular formula is C21H26N4O5S. The van der Waals surface area contributed by atoms with Gasteiger partial charge in [0.15, 0.2) is 0 Å². The predicted molar refractivity (Wildman–Crippen MR) is 118 cm³/mol. The number of benzene rings is 2. The summed E-state index contributed by atoms with van der Waals surface area (Å²) in [6.45, 7) is 6.21. The first-order valence-electron chi connectivity index (χ1n) is 9.56. The maximum atomic E-state index is 12.7. The van der Waals surface area contributed by atoms with Crippen LogP contribution in [0.15, 0.2) is 47.4 Å². The summed E-state index contributed by atoms with van der Waals surface area (Å²) in [6.07, 6.45) is 0. The Morgan fingerprint density at radius 1 is 0.903 bits per heavy atom. The van der Waals surface area contributed by atoms with Gasteiger partial charge in [-0.2, -0.15) is 0 Å². The molecule has 0 saturated carbocycles. The number of carbonyl (C=O) groups is 3. The molecule has 0 unspecified atom stereocenters. The maximum Gasteiger partial charge on any atom is 0.251 e. The molecular weight excluding hydrogens is 420 g/mol. The molecule has 2 aromatic carbocycles. The van der Waals surface area contributed by atoms with Crippen molar-refractivity contribution >= 4 is 39.1 Å². The molecule has 31 heavy (non-hydrogen) atoms. The second kappa shape index (κ2) is 10.2. The van der Waals surface area contributed by atoms with Crippen molar-refractivity contribution in [1.82, 2.24) is 10.0 Å². The van der Waals surface area contributed by atoms with Crippen LogP contribution in [0.25, 0.3) is 0 Å². The quantitative estimate of drug-likeness (QED) is 0.493. The summed E-state index contributed by atoms with van der Waals surface area (Å²) in [5.41, 5.74) is 1.54. The Bertz CT molecular complexity index is 1060. The highest BCUT2D eigenvalue weighted by Crippen LogP contribution is 2.20. The molecule has 0 aliphatic rings. The van der Waals surface area contributed by atoms with Gasteiger partial charge in [0.05, 0.1) is 4.90 Å². The van der Waals surface area contributed by atoms with Crippen LogP contribution in [0.1, 0.15) is 43.6 Å². The van der Waals surface area contributed by atoms with Gasteiger partial charge in [-0.05, 0) is 49.7 Å². The maximum absolute atomic E-state index is 12.7. The molecule has 9 nitrogen and oxygen atoms in total. The average molecular weight is 447 g/mol. The molecule has 166 valence electrons. The molecule has 0 saturated heterocycles. The first-order valence-corrected chi connectivity index (χ1v) is 11.0. The SMILES string of the molecule is CC(=O)Nc1cc(NC(C)=O)cc(C(=O)NCc2cccc(S(=O)(=O)NC(C)C)c2)c1. The van der Waals surface area contributed by atoms with Crippen molar-refractivity contribution in [2.24, 2.45) is 0 Å². The van der Waals surface area contributed by atoms with Gasteiger partial charge in [-0.15, -0.1) is 0 Å². The van der Waals surface area contributed by atoms with Gasteiger partial charge in [0.25, 0.3) is 5.91 Å². The van der Waals surface area contributed by atoms with Gasteiger partial charge in [-0.1, -0.05) is 12.1 Å². The highest BCUT2D eigenvalue weighted by molar-refractivity contribution is 7.89. The van der Waals surface area contributed by atoms with Crippen molar-refractivity contribution in [3.05, 3.63) is 53.6 Å². The normalized spacial score (nSPS) is 11.1. The number of hydrogen-bond donors (Lipinski definition) is 4. The Morgan fingerprint density at radius 2 is 1.48 bits per heavy atom. The fraction of sp³-hybridized carbons (Fsp3) is 0.286. The summed E-state index contributed by atoms with van der Waals surface area (Å²) in [6, 6.07) is 10.5. The van der Waals surface area contributed by atoms with E-state index < -0.39 is 15.9 Å². The fourth-order valence-corrected chi connectivity index (χ4v) is 4.12. The van der Waals surface area contributed by atoms with Crippen molar-refractivity contribution in [3.63, 3.8) is 0 Å².